The first kappa shape index (κ1) is 16.7. The zero-order valence-electron chi connectivity index (χ0n) is 12.6. The molecule has 1 unspecified atom stereocenters. The summed E-state index contributed by atoms with van der Waals surface area (Å²) in [5, 5.41) is 12.1. The smallest absolute Gasteiger partial charge is 0.321 e. The van der Waals surface area contributed by atoms with Crippen molar-refractivity contribution in [2.75, 3.05) is 0 Å². The van der Waals surface area contributed by atoms with Crippen molar-refractivity contribution in [3.05, 3.63) is 71.8 Å². The molecule has 0 aliphatic carbocycles. The topological polar surface area (TPSA) is 75.6 Å². The Morgan fingerprint density at radius 3 is 2.09 bits per heavy atom. The molecule has 0 aromatic heterocycles. The van der Waals surface area contributed by atoms with Crippen LogP contribution >= 0.6 is 0 Å². The van der Waals surface area contributed by atoms with Gasteiger partial charge in [0.2, 0.25) is 0 Å². The summed E-state index contributed by atoms with van der Waals surface area (Å²) in [5.74, 6) is -1.61. The Morgan fingerprint density at radius 2 is 1.52 bits per heavy atom. The molecule has 0 aliphatic heterocycles. The van der Waals surface area contributed by atoms with Crippen molar-refractivity contribution < 1.29 is 19.4 Å². The molecule has 5 heteroatoms. The fourth-order valence-corrected chi connectivity index (χ4v) is 2.05. The van der Waals surface area contributed by atoms with E-state index in [4.69, 9.17) is 4.74 Å². The molecular formula is C18H19NO4. The number of nitrogens with one attached hydrogen (secondary N) is 1. The first-order valence-electron chi connectivity index (χ1n) is 7.35. The minimum Gasteiger partial charge on any atom is -0.480 e. The van der Waals surface area contributed by atoms with E-state index < -0.39 is 18.0 Å². The zero-order valence-corrected chi connectivity index (χ0v) is 12.6. The summed E-state index contributed by atoms with van der Waals surface area (Å²) < 4.78 is 5.12. The third-order valence-electron chi connectivity index (χ3n) is 3.31. The number of esters is 1. The van der Waals surface area contributed by atoms with Gasteiger partial charge < -0.3 is 9.84 Å². The summed E-state index contributed by atoms with van der Waals surface area (Å²) in [5.41, 5.74) is 1.82. The lowest BCUT2D eigenvalue weighted by molar-refractivity contribution is -0.150. The molecule has 0 fully saturated rings. The van der Waals surface area contributed by atoms with Gasteiger partial charge >= 0.3 is 11.9 Å². The highest BCUT2D eigenvalue weighted by Crippen LogP contribution is 2.05. The number of carbonyl (C=O) groups is 2. The Morgan fingerprint density at radius 1 is 0.957 bits per heavy atom. The summed E-state index contributed by atoms with van der Waals surface area (Å²) >= 11 is 0. The lowest BCUT2D eigenvalue weighted by atomic mass is 10.1. The lowest BCUT2D eigenvalue weighted by Gasteiger charge is -2.14. The number of rotatable bonds is 8. The third-order valence-corrected chi connectivity index (χ3v) is 3.31. The van der Waals surface area contributed by atoms with E-state index in [0.717, 1.165) is 11.1 Å². The monoisotopic (exact) mass is 313 g/mol. The van der Waals surface area contributed by atoms with Gasteiger partial charge in [-0.2, -0.15) is 0 Å². The molecule has 0 amide bonds. The van der Waals surface area contributed by atoms with Crippen LogP contribution in [-0.4, -0.2) is 23.1 Å². The number of aliphatic carboxylic acids is 1. The summed E-state index contributed by atoms with van der Waals surface area (Å²) in [7, 11) is 0. The highest BCUT2D eigenvalue weighted by Gasteiger charge is 2.21. The molecule has 0 bridgehead atoms. The predicted molar refractivity (Wildman–Crippen MR) is 85.6 cm³/mol. The second-order valence-electron chi connectivity index (χ2n) is 5.11. The van der Waals surface area contributed by atoms with Gasteiger partial charge in [0.25, 0.3) is 0 Å². The average Bonchev–Trinajstić information content (AvgIpc) is 2.58. The first-order valence-corrected chi connectivity index (χ1v) is 7.35. The van der Waals surface area contributed by atoms with Gasteiger partial charge in [-0.25, -0.2) is 0 Å². The van der Waals surface area contributed by atoms with Crippen LogP contribution in [0.25, 0.3) is 0 Å². The molecule has 2 rings (SSSR count). The molecule has 0 spiro atoms. The van der Waals surface area contributed by atoms with Crippen LogP contribution in [0.4, 0.5) is 0 Å². The quantitative estimate of drug-likeness (QED) is 0.732. The molecule has 0 saturated carbocycles. The summed E-state index contributed by atoms with van der Waals surface area (Å²) in [6, 6.07) is 17.7. The summed E-state index contributed by atoms with van der Waals surface area (Å²) in [6.45, 7) is 0.522. The Labute approximate surface area is 134 Å². The third kappa shape index (κ3) is 5.92. The fraction of sp³-hybridized carbons (Fsp3) is 0.222. The van der Waals surface area contributed by atoms with Crippen LogP contribution < -0.4 is 5.32 Å². The van der Waals surface area contributed by atoms with Gasteiger partial charge in [0.15, 0.2) is 0 Å². The number of hydrogen-bond acceptors (Lipinski definition) is 4. The van der Waals surface area contributed by atoms with E-state index in [1.807, 2.05) is 60.7 Å². The number of hydrogen-bond donors (Lipinski definition) is 2. The highest BCUT2D eigenvalue weighted by atomic mass is 16.5. The molecule has 2 aromatic carbocycles. The molecule has 2 N–H and O–H groups in total. The van der Waals surface area contributed by atoms with Crippen molar-refractivity contribution in [1.29, 1.82) is 0 Å². The molecule has 0 saturated heterocycles. The van der Waals surface area contributed by atoms with Crippen LogP contribution in [0.15, 0.2) is 60.7 Å². The standard InChI is InChI=1S/C18H19NO4/c20-17(23-13-15-9-5-2-6-10-15)11-16(18(21)22)19-12-14-7-3-1-4-8-14/h1-10,16,19H,11-13H2,(H,21,22). The van der Waals surface area contributed by atoms with E-state index >= 15 is 0 Å². The fourth-order valence-electron chi connectivity index (χ4n) is 2.05. The van der Waals surface area contributed by atoms with Crippen LogP contribution in [0.5, 0.6) is 0 Å². The van der Waals surface area contributed by atoms with Gasteiger partial charge in [0.05, 0.1) is 6.42 Å². The van der Waals surface area contributed by atoms with Gasteiger partial charge in [-0.3, -0.25) is 14.9 Å². The van der Waals surface area contributed by atoms with E-state index in [9.17, 15) is 14.7 Å². The molecule has 5 nitrogen and oxygen atoms in total. The molecule has 120 valence electrons. The second-order valence-corrected chi connectivity index (χ2v) is 5.11. The van der Waals surface area contributed by atoms with Crippen molar-refractivity contribution in [2.45, 2.75) is 25.6 Å². The molecule has 0 aliphatic rings. The highest BCUT2D eigenvalue weighted by molar-refractivity contribution is 5.81. The first-order chi connectivity index (χ1) is 11.1. The van der Waals surface area contributed by atoms with E-state index in [1.54, 1.807) is 0 Å². The molecule has 1 atom stereocenters. The van der Waals surface area contributed by atoms with E-state index in [0.29, 0.717) is 6.54 Å². The number of carbonyl (C=O) groups excluding carboxylic acids is 1. The number of benzene rings is 2. The van der Waals surface area contributed by atoms with Crippen LogP contribution in [0.2, 0.25) is 0 Å². The molecule has 0 radical (unpaired) electrons. The Hall–Kier alpha value is -2.66. The maximum Gasteiger partial charge on any atom is 0.321 e. The average molecular weight is 313 g/mol. The van der Waals surface area contributed by atoms with Gasteiger partial charge in [0, 0.05) is 6.54 Å². The van der Waals surface area contributed by atoms with Crippen LogP contribution in [0.1, 0.15) is 17.5 Å². The Balaban J connectivity index is 1.81. The SMILES string of the molecule is O=C(CC(NCc1ccccc1)C(=O)O)OCc1ccccc1. The molecule has 0 heterocycles. The minimum atomic E-state index is -1.07. The van der Waals surface area contributed by atoms with Crippen molar-refractivity contribution in [2.24, 2.45) is 0 Å². The summed E-state index contributed by atoms with van der Waals surface area (Å²) in [4.78, 5) is 23.1. The molecule has 23 heavy (non-hydrogen) atoms. The maximum absolute atomic E-state index is 11.8. The van der Waals surface area contributed by atoms with Crippen LogP contribution in [0.3, 0.4) is 0 Å². The number of ether oxygens (including phenoxy) is 1. The van der Waals surface area contributed by atoms with Gasteiger partial charge in [0.1, 0.15) is 12.6 Å². The van der Waals surface area contributed by atoms with Gasteiger partial charge in [-0.15, -0.1) is 0 Å². The van der Waals surface area contributed by atoms with E-state index in [1.165, 1.54) is 0 Å². The van der Waals surface area contributed by atoms with Crippen molar-refractivity contribution in [3.8, 4) is 0 Å². The van der Waals surface area contributed by atoms with Crippen LogP contribution in [-0.2, 0) is 27.5 Å². The number of carboxylic acids is 1. The number of carboxylic acid groups (broad SMARTS) is 1. The van der Waals surface area contributed by atoms with Crippen molar-refractivity contribution in [1.82, 2.24) is 5.32 Å². The van der Waals surface area contributed by atoms with Gasteiger partial charge in [-0.05, 0) is 11.1 Å². The van der Waals surface area contributed by atoms with Gasteiger partial charge in [-0.1, -0.05) is 60.7 Å². The Bertz CT molecular complexity index is 628. The largest absolute Gasteiger partial charge is 0.480 e. The zero-order chi connectivity index (χ0) is 16.5. The molecular weight excluding hydrogens is 294 g/mol. The van der Waals surface area contributed by atoms with Crippen LogP contribution in [0, 0.1) is 0 Å². The second kappa shape index (κ2) is 8.70. The van der Waals surface area contributed by atoms with E-state index in [2.05, 4.69) is 5.32 Å². The minimum absolute atomic E-state index is 0.144. The maximum atomic E-state index is 11.8. The summed E-state index contributed by atoms with van der Waals surface area (Å²) in [6.07, 6.45) is -0.213. The lowest BCUT2D eigenvalue weighted by Crippen LogP contribution is -2.38. The Kier molecular flexibility index (Phi) is 6.32. The van der Waals surface area contributed by atoms with E-state index in [-0.39, 0.29) is 13.0 Å². The predicted octanol–water partition coefficient (Wildman–Crippen LogP) is 2.36. The molecule has 2 aromatic rings. The normalized spacial score (nSPS) is 11.7. The van der Waals surface area contributed by atoms with Crippen molar-refractivity contribution in [3.63, 3.8) is 0 Å². The van der Waals surface area contributed by atoms with Crippen molar-refractivity contribution >= 4 is 11.9 Å².